The second kappa shape index (κ2) is 16.1. The summed E-state index contributed by atoms with van der Waals surface area (Å²) in [6.07, 6.45) is 8.40. The van der Waals surface area contributed by atoms with E-state index in [9.17, 15) is 0 Å². The van der Waals surface area contributed by atoms with Crippen molar-refractivity contribution in [3.8, 4) is 0 Å². The molecule has 0 fully saturated rings. The van der Waals surface area contributed by atoms with Crippen molar-refractivity contribution in [1.82, 2.24) is 4.90 Å². The van der Waals surface area contributed by atoms with E-state index in [1.807, 2.05) is 13.0 Å². The van der Waals surface area contributed by atoms with Gasteiger partial charge in [0.15, 0.2) is 0 Å². The number of allylic oxidation sites excluding steroid dienone is 3. The van der Waals surface area contributed by atoms with Crippen LogP contribution in [0.2, 0.25) is 0 Å². The quantitative estimate of drug-likeness (QED) is 0.0971. The van der Waals surface area contributed by atoms with Crippen molar-refractivity contribution in [2.75, 3.05) is 32.0 Å². The molecule has 0 bridgehead atoms. The highest BCUT2D eigenvalue weighted by Gasteiger charge is 2.19. The molecule has 0 atom stereocenters. The lowest BCUT2D eigenvalue weighted by Gasteiger charge is -2.28. The van der Waals surface area contributed by atoms with Crippen molar-refractivity contribution in [2.45, 2.75) is 6.92 Å². The van der Waals surface area contributed by atoms with Crippen LogP contribution in [0.15, 0.2) is 150 Å². The van der Waals surface area contributed by atoms with Gasteiger partial charge in [-0.1, -0.05) is 133 Å². The number of hydrogen-bond acceptors (Lipinski definition) is 2. The van der Waals surface area contributed by atoms with Crippen LogP contribution in [0.3, 0.4) is 0 Å². The standard InChI is InChI=1S/C35H38N2P2/c1-3-4-17-31(36-2)30-37(26-28-38(32-18-9-5-10-19-32)33-20-11-6-12-21-33)27-29-39(34-22-13-7-14-23-34)35-24-15-8-16-25-35/h3-25H,2,26-30H2,1H3/b4-3-,31-17-. The highest BCUT2D eigenvalue weighted by Crippen LogP contribution is 2.35. The molecule has 0 N–H and O–H groups in total. The zero-order valence-electron chi connectivity index (χ0n) is 22.8. The number of hydrogen-bond donors (Lipinski definition) is 0. The van der Waals surface area contributed by atoms with Crippen molar-refractivity contribution in [3.63, 3.8) is 0 Å². The molecule has 198 valence electrons. The van der Waals surface area contributed by atoms with Crippen LogP contribution >= 0.6 is 15.8 Å². The van der Waals surface area contributed by atoms with Gasteiger partial charge in [-0.2, -0.15) is 0 Å². The zero-order chi connectivity index (χ0) is 27.1. The number of nitrogens with zero attached hydrogens (tertiary/aromatic N) is 2. The van der Waals surface area contributed by atoms with E-state index >= 15 is 0 Å². The van der Waals surface area contributed by atoms with E-state index in [-0.39, 0.29) is 0 Å². The average Bonchev–Trinajstić information content (AvgIpc) is 3.01. The third kappa shape index (κ3) is 8.94. The zero-order valence-corrected chi connectivity index (χ0v) is 24.6. The molecule has 0 aliphatic rings. The van der Waals surface area contributed by atoms with Crippen LogP contribution in [0.25, 0.3) is 0 Å². The van der Waals surface area contributed by atoms with Gasteiger partial charge in [0.05, 0.1) is 5.70 Å². The Balaban J connectivity index is 1.58. The van der Waals surface area contributed by atoms with Gasteiger partial charge in [0, 0.05) is 19.6 Å². The fraction of sp³-hybridized carbons (Fsp3) is 0.171. The van der Waals surface area contributed by atoms with Gasteiger partial charge in [0.2, 0.25) is 0 Å². The SMILES string of the molecule is C=N/C(=C\C=C/C)CN(CCP(c1ccccc1)c1ccccc1)CCP(c1ccccc1)c1ccccc1. The highest BCUT2D eigenvalue weighted by molar-refractivity contribution is 7.73. The first-order valence-electron chi connectivity index (χ1n) is 13.5. The lowest BCUT2D eigenvalue weighted by atomic mass is 10.3. The molecule has 4 rings (SSSR count). The molecular weight excluding hydrogens is 510 g/mol. The lowest BCUT2D eigenvalue weighted by molar-refractivity contribution is 0.333. The summed E-state index contributed by atoms with van der Waals surface area (Å²) in [5, 5.41) is 5.73. The van der Waals surface area contributed by atoms with Crippen LogP contribution in [-0.2, 0) is 0 Å². The summed E-state index contributed by atoms with van der Waals surface area (Å²) in [6.45, 7) is 8.72. The smallest absolute Gasteiger partial charge is 0.0536 e. The topological polar surface area (TPSA) is 15.6 Å². The van der Waals surface area contributed by atoms with E-state index in [0.717, 1.165) is 37.7 Å². The molecule has 0 aromatic heterocycles. The van der Waals surface area contributed by atoms with Gasteiger partial charge in [-0.05, 0) is 69.1 Å². The summed E-state index contributed by atoms with van der Waals surface area (Å²) in [5.41, 5.74) is 1.01. The Labute approximate surface area is 237 Å². The average molecular weight is 549 g/mol. The Morgan fingerprint density at radius 2 is 1.00 bits per heavy atom. The molecule has 0 unspecified atom stereocenters. The summed E-state index contributed by atoms with van der Waals surface area (Å²) < 4.78 is 0. The maximum Gasteiger partial charge on any atom is 0.0536 e. The van der Waals surface area contributed by atoms with Crippen molar-refractivity contribution >= 4 is 43.8 Å². The van der Waals surface area contributed by atoms with Gasteiger partial charge in [0.25, 0.3) is 0 Å². The Morgan fingerprint density at radius 1 is 0.641 bits per heavy atom. The summed E-state index contributed by atoms with van der Waals surface area (Å²) in [4.78, 5) is 6.97. The molecule has 0 saturated carbocycles. The Hall–Kier alpha value is -3.15. The van der Waals surface area contributed by atoms with Crippen molar-refractivity contribution < 1.29 is 0 Å². The fourth-order valence-electron chi connectivity index (χ4n) is 4.59. The maximum absolute atomic E-state index is 4.38. The number of aliphatic imine (C=N–C) groups is 1. The first-order valence-corrected chi connectivity index (χ1v) is 16.6. The minimum Gasteiger partial charge on any atom is -0.297 e. The van der Waals surface area contributed by atoms with Gasteiger partial charge >= 0.3 is 0 Å². The van der Waals surface area contributed by atoms with Gasteiger partial charge in [-0.3, -0.25) is 9.89 Å². The molecule has 4 heteroatoms. The normalized spacial score (nSPS) is 12.1. The molecular formula is C35H38N2P2. The molecule has 0 radical (unpaired) electrons. The monoisotopic (exact) mass is 548 g/mol. The molecule has 2 nitrogen and oxygen atoms in total. The van der Waals surface area contributed by atoms with Gasteiger partial charge in [-0.15, -0.1) is 0 Å². The van der Waals surface area contributed by atoms with Crippen molar-refractivity contribution in [1.29, 1.82) is 0 Å². The predicted octanol–water partition coefficient (Wildman–Crippen LogP) is 6.71. The summed E-state index contributed by atoms with van der Waals surface area (Å²) in [7, 11) is -0.907. The largest absolute Gasteiger partial charge is 0.297 e. The molecule has 0 aliphatic heterocycles. The molecule has 0 spiro atoms. The Bertz CT molecular complexity index is 1140. The first-order chi connectivity index (χ1) is 19.3. The van der Waals surface area contributed by atoms with E-state index < -0.39 is 15.8 Å². The molecule has 0 saturated heterocycles. The molecule has 0 amide bonds. The Morgan fingerprint density at radius 3 is 1.31 bits per heavy atom. The summed E-state index contributed by atoms with van der Waals surface area (Å²) >= 11 is 0. The van der Waals surface area contributed by atoms with Crippen molar-refractivity contribution in [3.05, 3.63) is 145 Å². The van der Waals surface area contributed by atoms with Gasteiger partial charge in [0.1, 0.15) is 0 Å². The lowest BCUT2D eigenvalue weighted by Crippen LogP contribution is -2.33. The van der Waals surface area contributed by atoms with E-state index in [1.54, 1.807) is 0 Å². The summed E-state index contributed by atoms with van der Waals surface area (Å²) in [6, 6.07) is 44.1. The minimum atomic E-state index is -0.453. The van der Waals surface area contributed by atoms with Crippen LogP contribution in [0.1, 0.15) is 6.92 Å². The Kier molecular flexibility index (Phi) is 11.9. The van der Waals surface area contributed by atoms with Crippen molar-refractivity contribution in [2.24, 2.45) is 4.99 Å². The second-order valence-electron chi connectivity index (χ2n) is 9.26. The van der Waals surface area contributed by atoms with Crippen LogP contribution < -0.4 is 21.2 Å². The van der Waals surface area contributed by atoms with E-state index in [1.165, 1.54) is 21.2 Å². The third-order valence-electron chi connectivity index (χ3n) is 6.62. The van der Waals surface area contributed by atoms with E-state index in [4.69, 9.17) is 0 Å². The maximum atomic E-state index is 4.38. The molecule has 4 aromatic rings. The highest BCUT2D eigenvalue weighted by atomic mass is 31.1. The van der Waals surface area contributed by atoms with E-state index in [2.05, 4.69) is 150 Å². The van der Waals surface area contributed by atoms with E-state index in [0.29, 0.717) is 0 Å². The molecule has 0 heterocycles. The molecule has 39 heavy (non-hydrogen) atoms. The van der Waals surface area contributed by atoms with Crippen LogP contribution in [0.4, 0.5) is 0 Å². The first kappa shape index (κ1) is 28.8. The fourth-order valence-corrected chi connectivity index (χ4v) is 9.31. The second-order valence-corrected chi connectivity index (χ2v) is 13.9. The molecule has 0 aliphatic carbocycles. The number of rotatable bonds is 14. The van der Waals surface area contributed by atoms with Gasteiger partial charge in [-0.25, -0.2) is 0 Å². The van der Waals surface area contributed by atoms with Gasteiger partial charge < -0.3 is 0 Å². The molecule has 4 aromatic carbocycles. The van der Waals surface area contributed by atoms with Crippen LogP contribution in [0, 0.1) is 0 Å². The third-order valence-corrected chi connectivity index (χ3v) is 11.6. The minimum absolute atomic E-state index is 0.453. The van der Waals surface area contributed by atoms with Crippen LogP contribution in [-0.4, -0.2) is 43.6 Å². The van der Waals surface area contributed by atoms with Crippen LogP contribution in [0.5, 0.6) is 0 Å². The summed E-state index contributed by atoms with van der Waals surface area (Å²) in [5.74, 6) is 0. The predicted molar refractivity (Wildman–Crippen MR) is 177 cm³/mol. The number of benzene rings is 4.